The van der Waals surface area contributed by atoms with Crippen LogP contribution < -0.4 is 0 Å². The van der Waals surface area contributed by atoms with Crippen LogP contribution in [-0.2, 0) is 0 Å². The van der Waals surface area contributed by atoms with Crippen molar-refractivity contribution in [3.8, 4) is 89.3 Å². The van der Waals surface area contributed by atoms with Crippen molar-refractivity contribution in [2.75, 3.05) is 0 Å². The maximum Gasteiger partial charge on any atom is 0.0541 e. The molecule has 0 saturated heterocycles. The quantitative estimate of drug-likeness (QED) is 0.136. The van der Waals surface area contributed by atoms with Crippen molar-refractivity contribution in [3.63, 3.8) is 0 Å². The molecule has 0 aliphatic heterocycles. The lowest BCUT2D eigenvalue weighted by atomic mass is 9.93. The highest BCUT2D eigenvalue weighted by molar-refractivity contribution is 6.14. The van der Waals surface area contributed by atoms with Gasteiger partial charge in [-0.3, -0.25) is 0 Å². The number of benzene rings is 12. The Morgan fingerprint density at radius 3 is 0.743 bits per heavy atom. The number of rotatable bonds is 9. The van der Waals surface area contributed by atoms with E-state index in [0.717, 1.165) is 44.6 Å². The van der Waals surface area contributed by atoms with E-state index in [0.29, 0.717) is 0 Å². The van der Waals surface area contributed by atoms with Crippen LogP contribution in [0.25, 0.3) is 133 Å². The van der Waals surface area contributed by atoms with Gasteiger partial charge in [0.1, 0.15) is 0 Å². The third-order valence-corrected chi connectivity index (χ3v) is 15.0. The Kier molecular flexibility index (Phi) is 10.6. The van der Waals surface area contributed by atoms with E-state index in [4.69, 9.17) is 0 Å². The van der Waals surface area contributed by atoms with Crippen LogP contribution in [-0.4, -0.2) is 9.13 Å². The summed E-state index contributed by atoms with van der Waals surface area (Å²) in [6.07, 6.45) is 0. The van der Waals surface area contributed by atoms with E-state index in [1.165, 1.54) is 88.3 Å². The monoisotopic (exact) mass is 940 g/mol. The average Bonchev–Trinajstić information content (AvgIpc) is 3.99. The van der Waals surface area contributed by atoms with Crippen LogP contribution in [0.4, 0.5) is 0 Å². The molecule has 0 aliphatic carbocycles. The second-order valence-electron chi connectivity index (χ2n) is 19.2. The van der Waals surface area contributed by atoms with Crippen molar-refractivity contribution in [1.82, 2.24) is 9.13 Å². The second kappa shape index (κ2) is 18.1. The summed E-state index contributed by atoms with van der Waals surface area (Å²) in [6, 6.07) is 107. The van der Waals surface area contributed by atoms with Crippen LogP contribution in [0, 0.1) is 0 Å². The van der Waals surface area contributed by atoms with Gasteiger partial charge in [0.2, 0.25) is 0 Å². The van der Waals surface area contributed by atoms with Crippen LogP contribution in [0.2, 0.25) is 0 Å². The lowest BCUT2D eigenvalue weighted by Gasteiger charge is -2.19. The predicted octanol–water partition coefficient (Wildman–Crippen LogP) is 19.5. The topological polar surface area (TPSA) is 9.86 Å². The highest BCUT2D eigenvalue weighted by Gasteiger charge is 2.22. The van der Waals surface area contributed by atoms with Gasteiger partial charge in [0.05, 0.1) is 33.4 Å². The molecule has 12 aromatic carbocycles. The average molecular weight is 941 g/mol. The molecule has 2 nitrogen and oxygen atoms in total. The summed E-state index contributed by atoms with van der Waals surface area (Å²) < 4.78 is 4.99. The van der Waals surface area contributed by atoms with Gasteiger partial charge in [-0.15, -0.1) is 0 Å². The minimum atomic E-state index is 1.12. The third kappa shape index (κ3) is 7.35. The van der Waals surface area contributed by atoms with Gasteiger partial charge in [0, 0.05) is 32.7 Å². The minimum absolute atomic E-state index is 1.12. The predicted molar refractivity (Wildman–Crippen MR) is 313 cm³/mol. The molecule has 0 atom stereocenters. The molecular formula is C72H48N2. The number of fused-ring (bicyclic) bond motifs is 6. The van der Waals surface area contributed by atoms with Crippen LogP contribution in [0.15, 0.2) is 291 Å². The molecule has 0 N–H and O–H groups in total. The Morgan fingerprint density at radius 2 is 0.405 bits per heavy atom. The maximum absolute atomic E-state index is 2.49. The van der Waals surface area contributed by atoms with Crippen LogP contribution in [0.3, 0.4) is 0 Å². The van der Waals surface area contributed by atoms with E-state index < -0.39 is 0 Å². The number of aromatic nitrogens is 2. The summed E-state index contributed by atoms with van der Waals surface area (Å²) in [7, 11) is 0. The first-order valence-corrected chi connectivity index (χ1v) is 25.5. The largest absolute Gasteiger partial charge is 0.309 e. The van der Waals surface area contributed by atoms with E-state index >= 15 is 0 Å². The Hall–Kier alpha value is -9.76. The Balaban J connectivity index is 0.984. The standard InChI is InChI=1S/C72H48N2/c1-5-21-49(22-6-1)53-37-41-69-63(45-53)65-47-55(59-31-15-13-29-57(59)51-25-9-3-10-26-51)39-43-71(65)73(69)67-35-19-17-33-61(67)62-34-18-20-36-68(62)74-70-42-38-54(50-23-7-2-8-24-50)46-64(70)66-48-56(40-44-72(66)74)60-32-16-14-30-58(60)52-27-11-4-12-28-52/h1-48H. The van der Waals surface area contributed by atoms with Crippen molar-refractivity contribution in [1.29, 1.82) is 0 Å². The fraction of sp³-hybridized carbons (Fsp3) is 0. The molecular weight excluding hydrogens is 893 g/mol. The van der Waals surface area contributed by atoms with Gasteiger partial charge in [0.25, 0.3) is 0 Å². The number of para-hydroxylation sites is 2. The molecule has 2 heteroatoms. The smallest absolute Gasteiger partial charge is 0.0541 e. The molecule has 0 bridgehead atoms. The van der Waals surface area contributed by atoms with Gasteiger partial charge in [-0.25, -0.2) is 0 Å². The molecule has 14 rings (SSSR count). The number of nitrogens with zero attached hydrogens (tertiary/aromatic N) is 2. The Labute approximate surface area is 431 Å². The van der Waals surface area contributed by atoms with Crippen LogP contribution >= 0.6 is 0 Å². The Bertz CT molecular complexity index is 4110. The SMILES string of the molecule is c1ccc(-c2ccc3c(c2)c2cc(-c4ccccc4-c4ccccc4)ccc2n3-c2ccccc2-c2ccccc2-n2c3ccc(-c4ccccc4)cc3c3cc(-c4ccccc4-c4ccccc4)ccc32)cc1. The molecule has 346 valence electrons. The summed E-state index contributed by atoms with van der Waals surface area (Å²) in [5, 5.41) is 4.85. The molecule has 0 fully saturated rings. The first kappa shape index (κ1) is 43.1. The minimum Gasteiger partial charge on any atom is -0.309 e. The second-order valence-corrected chi connectivity index (χ2v) is 19.2. The summed E-state index contributed by atoms with van der Waals surface area (Å²) >= 11 is 0. The van der Waals surface area contributed by atoms with Gasteiger partial charge >= 0.3 is 0 Å². The van der Waals surface area contributed by atoms with Crippen molar-refractivity contribution in [3.05, 3.63) is 291 Å². The van der Waals surface area contributed by atoms with Crippen molar-refractivity contribution >= 4 is 43.6 Å². The van der Waals surface area contributed by atoms with E-state index in [-0.39, 0.29) is 0 Å². The Morgan fingerprint density at radius 1 is 0.162 bits per heavy atom. The zero-order valence-electron chi connectivity index (χ0n) is 40.6. The lowest BCUT2D eigenvalue weighted by Crippen LogP contribution is -2.01. The van der Waals surface area contributed by atoms with Crippen molar-refractivity contribution in [2.45, 2.75) is 0 Å². The third-order valence-electron chi connectivity index (χ3n) is 15.0. The molecule has 74 heavy (non-hydrogen) atoms. The van der Waals surface area contributed by atoms with Gasteiger partial charge < -0.3 is 9.13 Å². The van der Waals surface area contributed by atoms with Gasteiger partial charge in [0.15, 0.2) is 0 Å². The van der Waals surface area contributed by atoms with Crippen LogP contribution in [0.5, 0.6) is 0 Å². The first-order valence-electron chi connectivity index (χ1n) is 25.5. The molecule has 0 saturated carbocycles. The fourth-order valence-electron chi connectivity index (χ4n) is 11.5. The fourth-order valence-corrected chi connectivity index (χ4v) is 11.5. The van der Waals surface area contributed by atoms with E-state index in [2.05, 4.69) is 300 Å². The number of hydrogen-bond donors (Lipinski definition) is 0. The molecule has 0 spiro atoms. The normalized spacial score (nSPS) is 11.5. The van der Waals surface area contributed by atoms with Gasteiger partial charge in [-0.2, -0.15) is 0 Å². The summed E-state index contributed by atoms with van der Waals surface area (Å²) in [6.45, 7) is 0. The lowest BCUT2D eigenvalue weighted by molar-refractivity contribution is 1.16. The van der Waals surface area contributed by atoms with E-state index in [9.17, 15) is 0 Å². The highest BCUT2D eigenvalue weighted by atomic mass is 15.0. The summed E-state index contributed by atoms with van der Waals surface area (Å²) in [4.78, 5) is 0. The molecule has 0 amide bonds. The summed E-state index contributed by atoms with van der Waals surface area (Å²) in [5.41, 5.74) is 23.6. The van der Waals surface area contributed by atoms with Gasteiger partial charge in [-0.05, 0) is 127 Å². The highest BCUT2D eigenvalue weighted by Crippen LogP contribution is 2.45. The van der Waals surface area contributed by atoms with E-state index in [1.54, 1.807) is 0 Å². The number of hydrogen-bond acceptors (Lipinski definition) is 0. The van der Waals surface area contributed by atoms with Gasteiger partial charge in [-0.1, -0.05) is 231 Å². The zero-order chi connectivity index (χ0) is 49.0. The zero-order valence-corrected chi connectivity index (χ0v) is 40.6. The summed E-state index contributed by atoms with van der Waals surface area (Å²) in [5.74, 6) is 0. The molecule has 2 aromatic heterocycles. The molecule has 14 aromatic rings. The molecule has 0 aliphatic rings. The van der Waals surface area contributed by atoms with Crippen LogP contribution in [0.1, 0.15) is 0 Å². The van der Waals surface area contributed by atoms with E-state index in [1.807, 2.05) is 0 Å². The van der Waals surface area contributed by atoms with Crippen molar-refractivity contribution < 1.29 is 0 Å². The van der Waals surface area contributed by atoms with Crippen molar-refractivity contribution in [2.24, 2.45) is 0 Å². The molecule has 0 unspecified atom stereocenters. The first-order chi connectivity index (χ1) is 36.7. The molecule has 0 radical (unpaired) electrons. The maximum atomic E-state index is 2.49. The molecule has 2 heterocycles.